The van der Waals surface area contributed by atoms with Crippen molar-refractivity contribution in [3.8, 4) is 28.6 Å². The molecule has 0 saturated heterocycles. The van der Waals surface area contributed by atoms with Crippen LogP contribution in [0.4, 0.5) is 5.69 Å². The molecule has 7 nitrogen and oxygen atoms in total. The molecule has 3 aromatic rings. The van der Waals surface area contributed by atoms with E-state index in [1.807, 2.05) is 0 Å². The Bertz CT molecular complexity index is 1150. The van der Waals surface area contributed by atoms with Crippen LogP contribution >= 0.6 is 0 Å². The summed E-state index contributed by atoms with van der Waals surface area (Å²) in [6, 6.07) is 10.1. The number of fused-ring (bicyclic) bond motifs is 2. The molecule has 0 unspecified atom stereocenters. The highest BCUT2D eigenvalue weighted by atomic mass is 16.7. The van der Waals surface area contributed by atoms with E-state index >= 15 is 0 Å². The van der Waals surface area contributed by atoms with Gasteiger partial charge in [0.1, 0.15) is 11.4 Å². The predicted octanol–water partition coefficient (Wildman–Crippen LogP) is 3.69. The third-order valence-corrected chi connectivity index (χ3v) is 4.77. The molecule has 1 aliphatic carbocycles. The molecule has 1 saturated carbocycles. The zero-order valence-electron chi connectivity index (χ0n) is 14.2. The number of anilines is 1. The van der Waals surface area contributed by atoms with E-state index in [0.717, 1.165) is 12.8 Å². The Morgan fingerprint density at radius 3 is 2.74 bits per heavy atom. The van der Waals surface area contributed by atoms with E-state index in [1.165, 1.54) is 0 Å². The van der Waals surface area contributed by atoms with E-state index in [4.69, 9.17) is 19.3 Å². The molecule has 5 rings (SSSR count). The Kier molecular flexibility index (Phi) is 3.36. The summed E-state index contributed by atoms with van der Waals surface area (Å²) in [6.07, 6.45) is 2.03. The highest BCUT2D eigenvalue weighted by Gasteiger charge is 2.26. The normalized spacial score (nSPS) is 15.1. The van der Waals surface area contributed by atoms with Gasteiger partial charge < -0.3 is 24.3 Å². The second kappa shape index (κ2) is 5.77. The van der Waals surface area contributed by atoms with E-state index in [1.54, 1.807) is 36.4 Å². The lowest BCUT2D eigenvalue weighted by Crippen LogP contribution is -2.12. The molecule has 0 radical (unpaired) electrons. The van der Waals surface area contributed by atoms with Crippen molar-refractivity contribution in [1.82, 2.24) is 0 Å². The van der Waals surface area contributed by atoms with Crippen molar-refractivity contribution in [1.29, 1.82) is 5.41 Å². The standard InChI is InChI=1S/C20H16N2O5/c21-20(10-1-2-10)22-12-4-6-14-13(8-12)17(23)18(24)19(27-14)11-3-5-15-16(7-11)26-9-25-15/h3-8,10,24H,1-2,9H2,(H2,21,22). The predicted molar refractivity (Wildman–Crippen MR) is 99.8 cm³/mol. The van der Waals surface area contributed by atoms with Crippen LogP contribution in [0.1, 0.15) is 12.8 Å². The molecule has 0 amide bonds. The van der Waals surface area contributed by atoms with Crippen molar-refractivity contribution in [2.75, 3.05) is 12.1 Å². The Morgan fingerprint density at radius 1 is 1.11 bits per heavy atom. The third kappa shape index (κ3) is 2.68. The molecule has 0 atom stereocenters. The molecule has 27 heavy (non-hydrogen) atoms. The summed E-state index contributed by atoms with van der Waals surface area (Å²) in [6.45, 7) is 0.137. The van der Waals surface area contributed by atoms with Gasteiger partial charge in [-0.1, -0.05) is 0 Å². The largest absolute Gasteiger partial charge is 0.502 e. The van der Waals surface area contributed by atoms with Crippen LogP contribution in [0.2, 0.25) is 0 Å². The number of hydrogen-bond donors (Lipinski definition) is 3. The molecule has 136 valence electrons. The van der Waals surface area contributed by atoms with Gasteiger partial charge in [0.05, 0.1) is 5.39 Å². The Hall–Kier alpha value is -3.48. The van der Waals surface area contributed by atoms with Crippen molar-refractivity contribution >= 4 is 22.5 Å². The average molecular weight is 364 g/mol. The van der Waals surface area contributed by atoms with Gasteiger partial charge in [-0.3, -0.25) is 10.2 Å². The first-order valence-corrected chi connectivity index (χ1v) is 8.65. The Morgan fingerprint density at radius 2 is 1.93 bits per heavy atom. The molecule has 1 aromatic heterocycles. The van der Waals surface area contributed by atoms with Gasteiger partial charge in [0.2, 0.25) is 18.0 Å². The number of ether oxygens (including phenoxy) is 2. The molecule has 0 spiro atoms. The minimum Gasteiger partial charge on any atom is -0.502 e. The van der Waals surface area contributed by atoms with Gasteiger partial charge in [0.15, 0.2) is 17.3 Å². The van der Waals surface area contributed by atoms with Gasteiger partial charge in [-0.15, -0.1) is 0 Å². The SMILES string of the molecule is N=C(Nc1ccc2oc(-c3ccc4c(c3)OCO4)c(O)c(=O)c2c1)C1CC1. The third-order valence-electron chi connectivity index (χ3n) is 4.77. The summed E-state index contributed by atoms with van der Waals surface area (Å²) in [7, 11) is 0. The zero-order valence-corrected chi connectivity index (χ0v) is 14.2. The summed E-state index contributed by atoms with van der Waals surface area (Å²) < 4.78 is 16.4. The van der Waals surface area contributed by atoms with E-state index in [2.05, 4.69) is 5.32 Å². The first kappa shape index (κ1) is 15.7. The van der Waals surface area contributed by atoms with Gasteiger partial charge in [-0.25, -0.2) is 0 Å². The van der Waals surface area contributed by atoms with Crippen molar-refractivity contribution in [3.63, 3.8) is 0 Å². The fourth-order valence-electron chi connectivity index (χ4n) is 3.13. The molecule has 1 fully saturated rings. The van der Waals surface area contributed by atoms with Crippen LogP contribution in [-0.4, -0.2) is 17.7 Å². The van der Waals surface area contributed by atoms with Crippen LogP contribution in [-0.2, 0) is 0 Å². The van der Waals surface area contributed by atoms with Crippen LogP contribution < -0.4 is 20.2 Å². The lowest BCUT2D eigenvalue weighted by molar-refractivity contribution is 0.174. The summed E-state index contributed by atoms with van der Waals surface area (Å²) in [5.41, 5.74) is 0.981. The number of benzene rings is 2. The summed E-state index contributed by atoms with van der Waals surface area (Å²) in [5, 5.41) is 21.7. The fraction of sp³-hybridized carbons (Fsp3) is 0.200. The van der Waals surface area contributed by atoms with Crippen LogP contribution in [0.25, 0.3) is 22.3 Å². The number of nitrogens with one attached hydrogen (secondary N) is 2. The summed E-state index contributed by atoms with van der Waals surface area (Å²) in [5.74, 6) is 1.48. The first-order chi connectivity index (χ1) is 13.1. The van der Waals surface area contributed by atoms with Crippen LogP contribution in [0.15, 0.2) is 45.6 Å². The molecular weight excluding hydrogens is 348 g/mol. The van der Waals surface area contributed by atoms with E-state index < -0.39 is 11.2 Å². The van der Waals surface area contributed by atoms with E-state index in [0.29, 0.717) is 34.2 Å². The van der Waals surface area contributed by atoms with Gasteiger partial charge in [0.25, 0.3) is 0 Å². The van der Waals surface area contributed by atoms with Gasteiger partial charge in [-0.05, 0) is 49.2 Å². The lowest BCUT2D eigenvalue weighted by atomic mass is 10.1. The van der Waals surface area contributed by atoms with Crippen molar-refractivity contribution in [3.05, 3.63) is 46.6 Å². The smallest absolute Gasteiger partial charge is 0.235 e. The topological polar surface area (TPSA) is 105 Å². The maximum atomic E-state index is 12.7. The van der Waals surface area contributed by atoms with Gasteiger partial charge in [-0.2, -0.15) is 0 Å². The van der Waals surface area contributed by atoms with E-state index in [-0.39, 0.29) is 23.9 Å². The average Bonchev–Trinajstić information content (AvgIpc) is 3.42. The monoisotopic (exact) mass is 364 g/mol. The highest BCUT2D eigenvalue weighted by Crippen LogP contribution is 2.38. The number of aromatic hydroxyl groups is 1. The molecule has 1 aliphatic heterocycles. The van der Waals surface area contributed by atoms with Crippen LogP contribution in [0.3, 0.4) is 0 Å². The second-order valence-electron chi connectivity index (χ2n) is 6.70. The number of hydrogen-bond acceptors (Lipinski definition) is 6. The highest BCUT2D eigenvalue weighted by molar-refractivity contribution is 5.98. The van der Waals surface area contributed by atoms with Crippen LogP contribution in [0, 0.1) is 11.3 Å². The quantitative estimate of drug-likeness (QED) is 0.483. The van der Waals surface area contributed by atoms with Crippen molar-refractivity contribution in [2.45, 2.75) is 12.8 Å². The number of rotatable bonds is 3. The van der Waals surface area contributed by atoms with Crippen LogP contribution in [0.5, 0.6) is 17.2 Å². The lowest BCUT2D eigenvalue weighted by Gasteiger charge is -2.10. The molecular formula is C20H16N2O5. The fourth-order valence-corrected chi connectivity index (χ4v) is 3.13. The minimum absolute atomic E-state index is 0.0808. The van der Waals surface area contributed by atoms with Gasteiger partial charge in [0, 0.05) is 17.2 Å². The Balaban J connectivity index is 1.58. The molecule has 7 heteroatoms. The zero-order chi connectivity index (χ0) is 18.5. The summed E-state index contributed by atoms with van der Waals surface area (Å²) in [4.78, 5) is 12.7. The summed E-state index contributed by atoms with van der Waals surface area (Å²) >= 11 is 0. The maximum Gasteiger partial charge on any atom is 0.235 e. The molecule has 0 bridgehead atoms. The first-order valence-electron chi connectivity index (χ1n) is 8.65. The molecule has 2 aliphatic rings. The molecule has 3 N–H and O–H groups in total. The van der Waals surface area contributed by atoms with Gasteiger partial charge >= 0.3 is 0 Å². The van der Waals surface area contributed by atoms with Crippen molar-refractivity contribution in [2.24, 2.45) is 5.92 Å². The van der Waals surface area contributed by atoms with Crippen molar-refractivity contribution < 1.29 is 19.0 Å². The molecule has 2 heterocycles. The second-order valence-corrected chi connectivity index (χ2v) is 6.70. The maximum absolute atomic E-state index is 12.7. The molecule has 2 aromatic carbocycles. The van der Waals surface area contributed by atoms with E-state index in [9.17, 15) is 9.90 Å². The minimum atomic E-state index is -0.523. The Labute approximate surface area is 153 Å². The number of amidine groups is 1.